The van der Waals surface area contributed by atoms with Gasteiger partial charge in [0.15, 0.2) is 0 Å². The van der Waals surface area contributed by atoms with Crippen LogP contribution in [0.4, 0.5) is 0 Å². The summed E-state index contributed by atoms with van der Waals surface area (Å²) >= 11 is 9.58. The summed E-state index contributed by atoms with van der Waals surface area (Å²) in [6.07, 6.45) is 0. The first-order valence-corrected chi connectivity index (χ1v) is 11.9. The summed E-state index contributed by atoms with van der Waals surface area (Å²) < 4.78 is 6.39. The molecule has 0 spiro atoms. The van der Waals surface area contributed by atoms with Crippen LogP contribution in [0.25, 0.3) is 0 Å². The van der Waals surface area contributed by atoms with Crippen molar-refractivity contribution in [2.75, 3.05) is 0 Å². The molecule has 0 heterocycles. The van der Waals surface area contributed by atoms with E-state index in [2.05, 4.69) is 11.8 Å². The summed E-state index contributed by atoms with van der Waals surface area (Å²) in [5, 5.41) is 0. The molecule has 0 aliphatic heterocycles. The number of nitrogens with zero attached hydrogens (tertiary/aromatic N) is 1. The van der Waals surface area contributed by atoms with Crippen molar-refractivity contribution in [1.29, 1.82) is 0 Å². The molecule has 5 nitrogen and oxygen atoms in total. The fraction of sp³-hybridized carbons (Fsp3) is 0.143. The zero-order chi connectivity index (χ0) is 16.9. The second-order valence-electron chi connectivity index (χ2n) is 4.86. The Morgan fingerprint density at radius 1 is 0.783 bits per heavy atom. The summed E-state index contributed by atoms with van der Waals surface area (Å²) in [5.41, 5.74) is 1.83. The van der Waals surface area contributed by atoms with E-state index in [1.807, 2.05) is 60.7 Å². The molecule has 0 bridgehead atoms. The lowest BCUT2D eigenvalue weighted by Gasteiger charge is -2.30. The van der Waals surface area contributed by atoms with Crippen LogP contribution >= 0.6 is 13.4 Å². The van der Waals surface area contributed by atoms with Crippen molar-refractivity contribution in [3.8, 4) is 0 Å². The lowest BCUT2D eigenvalue weighted by atomic mass is 10.2. The quantitative estimate of drug-likeness (QED) is 0.629. The highest BCUT2D eigenvalue weighted by Gasteiger charge is 2.30. The van der Waals surface area contributed by atoms with Gasteiger partial charge in [0.2, 0.25) is 0 Å². The van der Waals surface area contributed by atoms with Crippen LogP contribution < -0.4 is 0 Å². The summed E-state index contributed by atoms with van der Waals surface area (Å²) in [7, 11) is 0. The molecule has 3 N–H and O–H groups in total. The van der Waals surface area contributed by atoms with Gasteiger partial charge in [0.05, 0.1) is 0 Å². The van der Waals surface area contributed by atoms with Crippen LogP contribution in [0.15, 0.2) is 60.7 Å². The molecule has 0 aliphatic carbocycles. The Kier molecular flexibility index (Phi) is 6.63. The summed E-state index contributed by atoms with van der Waals surface area (Å²) in [6.45, 7) is -7.10. The Morgan fingerprint density at radius 3 is 1.52 bits per heavy atom. The molecule has 0 saturated heterocycles. The van der Waals surface area contributed by atoms with Crippen LogP contribution in [-0.2, 0) is 41.0 Å². The molecule has 124 valence electrons. The van der Waals surface area contributed by atoms with E-state index in [1.54, 1.807) is 0 Å². The van der Waals surface area contributed by atoms with Crippen LogP contribution in [-0.4, -0.2) is 19.4 Å². The van der Waals surface area contributed by atoms with Gasteiger partial charge in [0.25, 0.3) is 6.64 Å². The lowest BCUT2D eigenvalue weighted by molar-refractivity contribution is 0.301. The maximum absolute atomic E-state index is 10.5. The van der Waals surface area contributed by atoms with E-state index in [9.17, 15) is 14.7 Å². The molecule has 1 atom stereocenters. The molecule has 0 aliphatic rings. The van der Waals surface area contributed by atoms with Crippen LogP contribution in [0, 0.1) is 0 Å². The Morgan fingerprint density at radius 2 is 1.17 bits per heavy atom. The molecule has 0 fully saturated rings. The third-order valence-electron chi connectivity index (χ3n) is 2.99. The van der Waals surface area contributed by atoms with Crippen LogP contribution in [0.3, 0.4) is 0 Å². The van der Waals surface area contributed by atoms with Crippen LogP contribution in [0.2, 0.25) is 0 Å². The van der Waals surface area contributed by atoms with Crippen molar-refractivity contribution in [3.63, 3.8) is 0 Å². The number of hydrogen-bond acceptors (Lipinski definition) is 3. The molecule has 0 aromatic heterocycles. The molecule has 2 rings (SSSR count). The van der Waals surface area contributed by atoms with Gasteiger partial charge in [-0.25, -0.2) is 8.98 Å². The smallest absolute Gasteiger partial charge is 0.328 e. The molecule has 1 unspecified atom stereocenters. The van der Waals surface area contributed by atoms with Gasteiger partial charge in [-0.3, -0.25) is 0 Å². The Balaban J connectivity index is 2.27. The molecular weight excluding hydrogens is 372 g/mol. The van der Waals surface area contributed by atoms with E-state index in [-0.39, 0.29) is 0 Å². The van der Waals surface area contributed by atoms with Gasteiger partial charge in [-0.1, -0.05) is 60.7 Å². The first-order chi connectivity index (χ1) is 10.8. The first-order valence-electron chi connectivity index (χ1n) is 6.69. The van der Waals surface area contributed by atoms with Crippen molar-refractivity contribution in [2.45, 2.75) is 13.1 Å². The van der Waals surface area contributed by atoms with Crippen molar-refractivity contribution >= 4 is 37.0 Å². The van der Waals surface area contributed by atoms with Crippen molar-refractivity contribution < 1.29 is 19.0 Å². The predicted octanol–water partition coefficient (Wildman–Crippen LogP) is 3.13. The van der Waals surface area contributed by atoms with Crippen molar-refractivity contribution in [1.82, 2.24) is 4.67 Å². The maximum Gasteiger partial charge on any atom is 0.328 e. The average molecular weight is 389 g/mol. The van der Waals surface area contributed by atoms with Crippen molar-refractivity contribution in [3.05, 3.63) is 71.8 Å². The lowest BCUT2D eigenvalue weighted by Crippen LogP contribution is -2.20. The molecule has 0 amide bonds. The van der Waals surface area contributed by atoms with Gasteiger partial charge in [0, 0.05) is 13.1 Å². The highest BCUT2D eigenvalue weighted by molar-refractivity contribution is 8.14. The normalized spacial score (nSPS) is 14.6. The van der Waals surface area contributed by atoms with E-state index in [4.69, 9.17) is 16.1 Å². The van der Waals surface area contributed by atoms with E-state index in [1.165, 1.54) is 4.67 Å². The summed E-state index contributed by atoms with van der Waals surface area (Å²) in [4.78, 5) is 29.2. The molecule has 2 aromatic rings. The molecular formula is C14H17NO4P2S2. The van der Waals surface area contributed by atoms with E-state index in [0.717, 1.165) is 11.1 Å². The maximum atomic E-state index is 10.5. The topological polar surface area (TPSA) is 73.2 Å². The van der Waals surface area contributed by atoms with E-state index in [0.29, 0.717) is 13.1 Å². The van der Waals surface area contributed by atoms with Gasteiger partial charge >= 0.3 is 6.72 Å². The number of hydrogen-bond donors (Lipinski definition) is 3. The SMILES string of the molecule is OP(O)(=S)OP(O)(=S)N(Cc1ccccc1)Cc1ccccc1. The zero-order valence-corrected chi connectivity index (χ0v) is 15.5. The third kappa shape index (κ3) is 6.51. The van der Waals surface area contributed by atoms with E-state index >= 15 is 0 Å². The highest BCUT2D eigenvalue weighted by atomic mass is 32.5. The Hall–Kier alpha value is -0.460. The van der Waals surface area contributed by atoms with Crippen molar-refractivity contribution in [2.24, 2.45) is 0 Å². The Bertz CT molecular complexity index is 683. The van der Waals surface area contributed by atoms with E-state index < -0.39 is 13.4 Å². The fourth-order valence-corrected chi connectivity index (χ4v) is 6.62. The predicted molar refractivity (Wildman–Crippen MR) is 98.4 cm³/mol. The van der Waals surface area contributed by atoms with Crippen LogP contribution in [0.5, 0.6) is 0 Å². The number of benzene rings is 2. The number of rotatable bonds is 7. The highest BCUT2D eigenvalue weighted by Crippen LogP contribution is 2.60. The monoisotopic (exact) mass is 389 g/mol. The Labute approximate surface area is 145 Å². The summed E-state index contributed by atoms with van der Waals surface area (Å²) in [6, 6.07) is 18.8. The minimum absolute atomic E-state index is 0.304. The minimum Gasteiger partial charge on any atom is -0.333 e. The van der Waals surface area contributed by atoms with Gasteiger partial charge in [-0.15, -0.1) is 0 Å². The standard InChI is InChI=1S/C14H17NO4P2S2/c16-20(22,19-21(17,18)23)15(11-13-7-3-1-4-8-13)12-14-9-5-2-6-10-14/h1-10H,11-12H2,(H,16,22)(H2,17,18,23). The molecule has 0 radical (unpaired) electrons. The molecule has 2 aromatic carbocycles. The summed E-state index contributed by atoms with van der Waals surface area (Å²) in [5.74, 6) is 0. The van der Waals surface area contributed by atoms with Gasteiger partial charge in [0.1, 0.15) is 0 Å². The first kappa shape index (κ1) is 18.9. The minimum atomic E-state index is -4.06. The van der Waals surface area contributed by atoms with Gasteiger partial charge in [-0.05, 0) is 34.7 Å². The second-order valence-corrected chi connectivity index (χ2v) is 10.9. The molecule has 9 heteroatoms. The van der Waals surface area contributed by atoms with Gasteiger partial charge < -0.3 is 14.7 Å². The second kappa shape index (κ2) is 8.08. The van der Waals surface area contributed by atoms with Gasteiger partial charge in [-0.2, -0.15) is 0 Å². The van der Waals surface area contributed by atoms with Crippen LogP contribution in [0.1, 0.15) is 11.1 Å². The largest absolute Gasteiger partial charge is 0.333 e. The zero-order valence-electron chi connectivity index (χ0n) is 12.1. The average Bonchev–Trinajstić information content (AvgIpc) is 2.46. The molecule has 0 saturated carbocycles. The molecule has 23 heavy (non-hydrogen) atoms. The fourth-order valence-electron chi connectivity index (χ4n) is 2.01. The third-order valence-corrected chi connectivity index (χ3v) is 7.58.